The van der Waals surface area contributed by atoms with E-state index in [1.54, 1.807) is 11.3 Å². The van der Waals surface area contributed by atoms with Gasteiger partial charge in [-0.1, -0.05) is 57.8 Å². The molecular weight excluding hydrogens is 326 g/mol. The van der Waals surface area contributed by atoms with Crippen molar-refractivity contribution >= 4 is 0 Å². The maximum atomic E-state index is 4.24. The van der Waals surface area contributed by atoms with E-state index in [1.165, 1.54) is 77.0 Å². The second kappa shape index (κ2) is 8.58. The number of rotatable bonds is 6. The van der Waals surface area contributed by atoms with Crippen LogP contribution in [0.25, 0.3) is 0 Å². The van der Waals surface area contributed by atoms with Gasteiger partial charge in [0.1, 0.15) is 0 Å². The lowest BCUT2D eigenvalue weighted by molar-refractivity contribution is 0.0854. The van der Waals surface area contributed by atoms with E-state index < -0.39 is 0 Å². The Morgan fingerprint density at radius 2 is 1.96 bits per heavy atom. The molecule has 1 nitrogen and oxygen atoms in total. The highest BCUT2D eigenvalue weighted by molar-refractivity contribution is 5.38. The quantitative estimate of drug-likeness (QED) is 0.446. The Kier molecular flexibility index (Phi) is 6.15. The first kappa shape index (κ1) is 19.3. The average molecular weight is 368 g/mol. The summed E-state index contributed by atoms with van der Waals surface area (Å²) in [5.74, 6) is 3.27. The second-order valence-corrected chi connectivity index (χ2v) is 10.2. The fourth-order valence-electron chi connectivity index (χ4n) is 6.70. The van der Waals surface area contributed by atoms with Crippen molar-refractivity contribution in [1.82, 2.24) is 4.90 Å². The Hall–Kier alpha value is -0.980. The summed E-state index contributed by atoms with van der Waals surface area (Å²) in [6, 6.07) is 1.63. The minimum absolute atomic E-state index is 0.736. The average Bonchev–Trinajstić information content (AvgIpc) is 3.03. The van der Waals surface area contributed by atoms with Crippen molar-refractivity contribution in [1.29, 1.82) is 0 Å². The first-order valence-electron chi connectivity index (χ1n) is 12.0. The third-order valence-electron chi connectivity index (χ3n) is 8.04. The van der Waals surface area contributed by atoms with Crippen LogP contribution in [0.4, 0.5) is 0 Å². The molecule has 27 heavy (non-hydrogen) atoms. The minimum Gasteiger partial charge on any atom is -0.368 e. The lowest BCUT2D eigenvalue weighted by atomic mass is 9.74. The summed E-state index contributed by atoms with van der Waals surface area (Å²) < 4.78 is 0. The molecule has 3 aliphatic carbocycles. The number of fused-ring (bicyclic) bond motifs is 2. The molecule has 1 heteroatoms. The minimum atomic E-state index is 0.736. The predicted octanol–water partition coefficient (Wildman–Crippen LogP) is 7.26. The van der Waals surface area contributed by atoms with Gasteiger partial charge in [-0.3, -0.25) is 0 Å². The van der Waals surface area contributed by atoms with Gasteiger partial charge in [0.2, 0.25) is 0 Å². The van der Waals surface area contributed by atoms with E-state index in [4.69, 9.17) is 0 Å². The van der Waals surface area contributed by atoms with Crippen molar-refractivity contribution in [3.05, 3.63) is 36.1 Å². The SMILES string of the molecule is C=C[C@@H](CCC(C)C)C1CCCC(N2C3=C(C=CCC3)C3CCCCC32)C1. The van der Waals surface area contributed by atoms with Gasteiger partial charge < -0.3 is 4.90 Å². The van der Waals surface area contributed by atoms with Crippen molar-refractivity contribution in [2.45, 2.75) is 103 Å². The molecule has 150 valence electrons. The Labute approximate surface area is 168 Å². The van der Waals surface area contributed by atoms with E-state index in [9.17, 15) is 0 Å². The molecule has 0 spiro atoms. The van der Waals surface area contributed by atoms with Gasteiger partial charge in [0.15, 0.2) is 0 Å². The van der Waals surface area contributed by atoms with E-state index in [1.807, 2.05) is 0 Å². The summed E-state index contributed by atoms with van der Waals surface area (Å²) >= 11 is 0. The van der Waals surface area contributed by atoms with Crippen molar-refractivity contribution in [3.63, 3.8) is 0 Å². The molecule has 0 amide bonds. The van der Waals surface area contributed by atoms with Crippen molar-refractivity contribution < 1.29 is 0 Å². The monoisotopic (exact) mass is 367 g/mol. The fraction of sp³-hybridized carbons (Fsp3) is 0.769. The van der Waals surface area contributed by atoms with Crippen LogP contribution < -0.4 is 0 Å². The van der Waals surface area contributed by atoms with Gasteiger partial charge in [0, 0.05) is 23.7 Å². The van der Waals surface area contributed by atoms with Gasteiger partial charge in [-0.15, -0.1) is 6.58 Å². The van der Waals surface area contributed by atoms with Gasteiger partial charge in [-0.25, -0.2) is 0 Å². The van der Waals surface area contributed by atoms with Crippen LogP contribution in [-0.4, -0.2) is 17.0 Å². The molecule has 4 aliphatic rings. The topological polar surface area (TPSA) is 3.24 Å². The summed E-state index contributed by atoms with van der Waals surface area (Å²) in [7, 11) is 0. The summed E-state index contributed by atoms with van der Waals surface area (Å²) in [6.45, 7) is 8.96. The molecule has 2 saturated carbocycles. The van der Waals surface area contributed by atoms with Crippen molar-refractivity contribution in [2.24, 2.45) is 23.7 Å². The molecule has 2 fully saturated rings. The summed E-state index contributed by atoms with van der Waals surface area (Å²) in [4.78, 5) is 3.00. The fourth-order valence-corrected chi connectivity index (χ4v) is 6.70. The first-order valence-corrected chi connectivity index (χ1v) is 12.0. The van der Waals surface area contributed by atoms with Crippen LogP contribution >= 0.6 is 0 Å². The summed E-state index contributed by atoms with van der Waals surface area (Å²) in [6.07, 6.45) is 24.0. The maximum absolute atomic E-state index is 4.24. The molecule has 4 unspecified atom stereocenters. The molecule has 1 aliphatic heterocycles. The molecule has 5 atom stereocenters. The van der Waals surface area contributed by atoms with Crippen LogP contribution in [0.3, 0.4) is 0 Å². The summed E-state index contributed by atoms with van der Waals surface area (Å²) in [5.41, 5.74) is 3.51. The first-order chi connectivity index (χ1) is 13.2. The van der Waals surface area contributed by atoms with Gasteiger partial charge in [0.05, 0.1) is 0 Å². The Bertz CT molecular complexity index is 583. The molecule has 0 aromatic carbocycles. The Morgan fingerprint density at radius 1 is 1.11 bits per heavy atom. The molecule has 0 bridgehead atoms. The number of allylic oxidation sites excluding steroid dienone is 4. The molecular formula is C26H41N. The predicted molar refractivity (Wildman–Crippen MR) is 116 cm³/mol. The van der Waals surface area contributed by atoms with E-state index >= 15 is 0 Å². The van der Waals surface area contributed by atoms with Crippen LogP contribution in [-0.2, 0) is 0 Å². The van der Waals surface area contributed by atoms with E-state index in [0.717, 1.165) is 35.8 Å². The van der Waals surface area contributed by atoms with Crippen LogP contribution in [0.1, 0.15) is 90.9 Å². The zero-order chi connectivity index (χ0) is 18.8. The third kappa shape index (κ3) is 3.94. The molecule has 0 saturated heterocycles. The highest BCUT2D eigenvalue weighted by Crippen LogP contribution is 2.49. The molecule has 0 radical (unpaired) electrons. The zero-order valence-corrected chi connectivity index (χ0v) is 17.8. The normalized spacial score (nSPS) is 34.6. The Balaban J connectivity index is 1.50. The van der Waals surface area contributed by atoms with E-state index in [-0.39, 0.29) is 0 Å². The van der Waals surface area contributed by atoms with Gasteiger partial charge >= 0.3 is 0 Å². The molecule has 0 aromatic heterocycles. The molecule has 1 heterocycles. The van der Waals surface area contributed by atoms with E-state index in [2.05, 4.69) is 43.6 Å². The highest BCUT2D eigenvalue weighted by Gasteiger charge is 2.44. The standard InChI is InChI=1S/C26H41N/c1-4-20(17-16-19(2)3)21-10-9-11-22(18-21)27-25-14-7-5-12-23(25)24-13-6-8-15-26(24)27/h4-5,12,19-22,24,26H,1,6-11,13-18H2,2-3H3/t20-,21?,22?,24?,26?/m0/s1. The highest BCUT2D eigenvalue weighted by atomic mass is 15.2. The number of nitrogens with zero attached hydrogens (tertiary/aromatic N) is 1. The maximum Gasteiger partial charge on any atom is 0.0359 e. The third-order valence-corrected chi connectivity index (χ3v) is 8.04. The molecule has 0 aromatic rings. The second-order valence-electron chi connectivity index (χ2n) is 10.2. The van der Waals surface area contributed by atoms with Crippen LogP contribution in [0, 0.1) is 23.7 Å². The van der Waals surface area contributed by atoms with Crippen LogP contribution in [0.2, 0.25) is 0 Å². The Morgan fingerprint density at radius 3 is 2.78 bits per heavy atom. The van der Waals surface area contributed by atoms with E-state index in [0.29, 0.717) is 0 Å². The van der Waals surface area contributed by atoms with Crippen molar-refractivity contribution in [3.8, 4) is 0 Å². The van der Waals surface area contributed by atoms with Gasteiger partial charge in [-0.2, -0.15) is 0 Å². The summed E-state index contributed by atoms with van der Waals surface area (Å²) in [5, 5.41) is 0. The smallest absolute Gasteiger partial charge is 0.0359 e. The number of hydrogen-bond donors (Lipinski definition) is 0. The lowest BCUT2D eigenvalue weighted by Crippen LogP contribution is -2.45. The van der Waals surface area contributed by atoms with Crippen molar-refractivity contribution in [2.75, 3.05) is 0 Å². The lowest BCUT2D eigenvalue weighted by Gasteiger charge is -2.45. The van der Waals surface area contributed by atoms with Crippen LogP contribution in [0.15, 0.2) is 36.1 Å². The number of hydrogen-bond acceptors (Lipinski definition) is 1. The molecule has 4 rings (SSSR count). The largest absolute Gasteiger partial charge is 0.368 e. The van der Waals surface area contributed by atoms with Gasteiger partial charge in [-0.05, 0) is 74.7 Å². The zero-order valence-electron chi connectivity index (χ0n) is 17.8. The molecule has 0 N–H and O–H groups in total. The van der Waals surface area contributed by atoms with Gasteiger partial charge in [0.25, 0.3) is 0 Å². The van der Waals surface area contributed by atoms with Crippen LogP contribution in [0.5, 0.6) is 0 Å².